The van der Waals surface area contributed by atoms with Crippen molar-refractivity contribution in [2.75, 3.05) is 0 Å². The lowest BCUT2D eigenvalue weighted by atomic mass is 9.97. The highest BCUT2D eigenvalue weighted by molar-refractivity contribution is 6.30. The molecule has 0 radical (unpaired) electrons. The van der Waals surface area contributed by atoms with E-state index in [1.807, 2.05) is 0 Å². The number of rotatable bonds is 2. The van der Waals surface area contributed by atoms with Gasteiger partial charge in [0.05, 0.1) is 5.56 Å². The largest absolute Gasteiger partial charge is 0.288 e. The Labute approximate surface area is 114 Å². The van der Waals surface area contributed by atoms with Gasteiger partial charge in [-0.05, 0) is 49.2 Å². The maximum absolute atomic E-state index is 13.9. The third-order valence-electron chi connectivity index (χ3n) is 2.94. The average molecular weight is 281 g/mol. The number of hydrogen-bond acceptors (Lipinski definition) is 1. The Bertz CT molecular complexity index is 665. The molecular formula is C15H11ClF2O. The molecule has 2 aromatic rings. The molecule has 0 spiro atoms. The molecule has 19 heavy (non-hydrogen) atoms. The Hall–Kier alpha value is -1.74. The number of halogens is 3. The zero-order chi connectivity index (χ0) is 14.2. The molecule has 98 valence electrons. The molecule has 1 nitrogen and oxygen atoms in total. The molecule has 2 aromatic carbocycles. The summed E-state index contributed by atoms with van der Waals surface area (Å²) in [6, 6.07) is 6.97. The normalized spacial score (nSPS) is 10.6. The second-order valence-electron chi connectivity index (χ2n) is 4.34. The maximum Gasteiger partial charge on any atom is 0.199 e. The Morgan fingerprint density at radius 3 is 2.37 bits per heavy atom. The molecule has 0 atom stereocenters. The number of carbonyl (C=O) groups is 1. The molecule has 0 aromatic heterocycles. The molecule has 0 aliphatic heterocycles. The lowest BCUT2D eigenvalue weighted by Crippen LogP contribution is -2.10. The van der Waals surface area contributed by atoms with Crippen molar-refractivity contribution in [2.24, 2.45) is 0 Å². The van der Waals surface area contributed by atoms with Gasteiger partial charge >= 0.3 is 0 Å². The van der Waals surface area contributed by atoms with Crippen molar-refractivity contribution in [2.45, 2.75) is 13.8 Å². The quantitative estimate of drug-likeness (QED) is 0.742. The molecule has 0 bridgehead atoms. The van der Waals surface area contributed by atoms with E-state index in [0.29, 0.717) is 10.6 Å². The van der Waals surface area contributed by atoms with E-state index in [1.165, 1.54) is 25.1 Å². The van der Waals surface area contributed by atoms with Crippen LogP contribution in [-0.4, -0.2) is 5.78 Å². The van der Waals surface area contributed by atoms with Crippen LogP contribution in [0, 0.1) is 25.5 Å². The smallest absolute Gasteiger partial charge is 0.199 e. The third kappa shape index (κ3) is 2.51. The first-order valence-electron chi connectivity index (χ1n) is 5.67. The SMILES string of the molecule is Cc1cc(Cl)ccc1C(=O)c1c(F)ccc(C)c1F. The minimum Gasteiger partial charge on any atom is -0.288 e. The van der Waals surface area contributed by atoms with Gasteiger partial charge in [0.2, 0.25) is 0 Å². The van der Waals surface area contributed by atoms with Crippen molar-refractivity contribution >= 4 is 17.4 Å². The van der Waals surface area contributed by atoms with Crippen LogP contribution in [0.25, 0.3) is 0 Å². The molecule has 0 heterocycles. The first kappa shape index (κ1) is 13.7. The summed E-state index contributed by atoms with van der Waals surface area (Å²) in [6.07, 6.45) is 0. The number of hydrogen-bond donors (Lipinski definition) is 0. The van der Waals surface area contributed by atoms with Crippen LogP contribution >= 0.6 is 11.6 Å². The van der Waals surface area contributed by atoms with Crippen LogP contribution in [0.2, 0.25) is 5.02 Å². The molecule has 0 saturated heterocycles. The molecule has 2 rings (SSSR count). The summed E-state index contributed by atoms with van der Waals surface area (Å²) in [6.45, 7) is 3.16. The van der Waals surface area contributed by atoms with E-state index < -0.39 is 23.0 Å². The van der Waals surface area contributed by atoms with Crippen LogP contribution in [-0.2, 0) is 0 Å². The van der Waals surface area contributed by atoms with E-state index in [2.05, 4.69) is 0 Å². The zero-order valence-corrected chi connectivity index (χ0v) is 11.2. The maximum atomic E-state index is 13.9. The van der Waals surface area contributed by atoms with Crippen LogP contribution in [0.1, 0.15) is 27.0 Å². The van der Waals surface area contributed by atoms with Gasteiger partial charge in [-0.15, -0.1) is 0 Å². The standard InChI is InChI=1S/C15H11ClF2O/c1-8-3-6-12(17)13(14(8)18)15(19)11-5-4-10(16)7-9(11)2/h3-7H,1-2H3. The van der Waals surface area contributed by atoms with Gasteiger partial charge in [-0.25, -0.2) is 8.78 Å². The van der Waals surface area contributed by atoms with Crippen molar-refractivity contribution in [1.82, 2.24) is 0 Å². The van der Waals surface area contributed by atoms with Gasteiger partial charge < -0.3 is 0 Å². The number of benzene rings is 2. The van der Waals surface area contributed by atoms with Crippen molar-refractivity contribution < 1.29 is 13.6 Å². The number of carbonyl (C=O) groups excluding carboxylic acids is 1. The molecule has 0 saturated carbocycles. The first-order chi connectivity index (χ1) is 8.91. The van der Waals surface area contributed by atoms with E-state index in [0.717, 1.165) is 6.07 Å². The van der Waals surface area contributed by atoms with Gasteiger partial charge in [0.25, 0.3) is 0 Å². The fourth-order valence-electron chi connectivity index (χ4n) is 1.88. The topological polar surface area (TPSA) is 17.1 Å². The van der Waals surface area contributed by atoms with Crippen LogP contribution in [0.15, 0.2) is 30.3 Å². The van der Waals surface area contributed by atoms with Gasteiger partial charge in [0, 0.05) is 10.6 Å². The van der Waals surface area contributed by atoms with Crippen LogP contribution < -0.4 is 0 Å². The fourth-order valence-corrected chi connectivity index (χ4v) is 2.11. The first-order valence-corrected chi connectivity index (χ1v) is 6.05. The summed E-state index contributed by atoms with van der Waals surface area (Å²) >= 11 is 5.80. The lowest BCUT2D eigenvalue weighted by molar-refractivity contribution is 0.103. The molecule has 0 N–H and O–H groups in total. The summed E-state index contributed by atoms with van der Waals surface area (Å²) in [5.74, 6) is -2.35. The highest BCUT2D eigenvalue weighted by Gasteiger charge is 2.21. The molecule has 0 unspecified atom stereocenters. The van der Waals surface area contributed by atoms with E-state index >= 15 is 0 Å². The predicted octanol–water partition coefficient (Wildman–Crippen LogP) is 4.47. The molecular weight excluding hydrogens is 270 g/mol. The Morgan fingerprint density at radius 1 is 1.05 bits per heavy atom. The molecule has 0 aliphatic carbocycles. The Kier molecular flexibility index (Phi) is 3.67. The van der Waals surface area contributed by atoms with E-state index in [9.17, 15) is 13.6 Å². The molecule has 4 heteroatoms. The van der Waals surface area contributed by atoms with Gasteiger partial charge in [-0.1, -0.05) is 17.7 Å². The second-order valence-corrected chi connectivity index (χ2v) is 4.78. The van der Waals surface area contributed by atoms with E-state index in [1.54, 1.807) is 13.0 Å². The Morgan fingerprint density at radius 2 is 1.74 bits per heavy atom. The van der Waals surface area contributed by atoms with Gasteiger partial charge in [-0.2, -0.15) is 0 Å². The summed E-state index contributed by atoms with van der Waals surface area (Å²) in [5.41, 5.74) is 0.535. The van der Waals surface area contributed by atoms with Crippen molar-refractivity contribution in [1.29, 1.82) is 0 Å². The average Bonchev–Trinajstić information content (AvgIpc) is 2.34. The van der Waals surface area contributed by atoms with Crippen LogP contribution in [0.5, 0.6) is 0 Å². The second kappa shape index (κ2) is 5.10. The summed E-state index contributed by atoms with van der Waals surface area (Å²) in [4.78, 5) is 12.2. The molecule has 0 fully saturated rings. The zero-order valence-electron chi connectivity index (χ0n) is 10.4. The van der Waals surface area contributed by atoms with E-state index in [-0.39, 0.29) is 11.1 Å². The van der Waals surface area contributed by atoms with E-state index in [4.69, 9.17) is 11.6 Å². The third-order valence-corrected chi connectivity index (χ3v) is 3.18. The summed E-state index contributed by atoms with van der Waals surface area (Å²) in [7, 11) is 0. The van der Waals surface area contributed by atoms with Gasteiger partial charge in [0.1, 0.15) is 11.6 Å². The minimum atomic E-state index is -0.859. The van der Waals surface area contributed by atoms with Crippen molar-refractivity contribution in [3.8, 4) is 0 Å². The van der Waals surface area contributed by atoms with Gasteiger partial charge in [-0.3, -0.25) is 4.79 Å². The predicted molar refractivity (Wildman–Crippen MR) is 70.7 cm³/mol. The molecule has 0 aliphatic rings. The van der Waals surface area contributed by atoms with Crippen molar-refractivity contribution in [3.05, 3.63) is 69.2 Å². The van der Waals surface area contributed by atoms with Gasteiger partial charge in [0.15, 0.2) is 5.78 Å². The fraction of sp³-hybridized carbons (Fsp3) is 0.133. The Balaban J connectivity index is 2.59. The molecule has 0 amide bonds. The lowest BCUT2D eigenvalue weighted by Gasteiger charge is -2.09. The highest BCUT2D eigenvalue weighted by atomic mass is 35.5. The summed E-state index contributed by atoms with van der Waals surface area (Å²) < 4.78 is 27.6. The van der Waals surface area contributed by atoms with Crippen LogP contribution in [0.3, 0.4) is 0 Å². The number of ketones is 1. The minimum absolute atomic E-state index is 0.233. The summed E-state index contributed by atoms with van der Waals surface area (Å²) in [5, 5.41) is 0.472. The highest BCUT2D eigenvalue weighted by Crippen LogP contribution is 2.23. The monoisotopic (exact) mass is 280 g/mol. The number of aryl methyl sites for hydroxylation is 2. The van der Waals surface area contributed by atoms with Crippen LogP contribution in [0.4, 0.5) is 8.78 Å². The van der Waals surface area contributed by atoms with Crippen molar-refractivity contribution in [3.63, 3.8) is 0 Å².